The van der Waals surface area contributed by atoms with E-state index in [1.165, 1.54) is 13.8 Å². The van der Waals surface area contributed by atoms with Gasteiger partial charge in [0.2, 0.25) is 0 Å². The summed E-state index contributed by atoms with van der Waals surface area (Å²) in [4.78, 5) is 11.4. The van der Waals surface area contributed by atoms with Crippen LogP contribution in [0, 0.1) is 13.8 Å². The van der Waals surface area contributed by atoms with E-state index < -0.39 is 59.4 Å². The molecule has 0 aromatic heterocycles. The summed E-state index contributed by atoms with van der Waals surface area (Å²) in [5.74, 6) is -63.3. The molecule has 0 unspecified atom stereocenters. The smallest absolute Gasteiger partial charge is 0.422 e. The summed E-state index contributed by atoms with van der Waals surface area (Å²) < 4.78 is 228. The van der Waals surface area contributed by atoms with Crippen LogP contribution in [0.15, 0.2) is 18.2 Å². The van der Waals surface area contributed by atoms with E-state index in [0.717, 1.165) is 6.07 Å². The average Bonchev–Trinajstić information content (AvgIpc) is 2.68. The Morgan fingerprint density at radius 2 is 0.917 bits per heavy atom. The standard InChI is InChI=1S/C17H9F17O2/c1-6-3-4-8(5-7(6)2)36-9(35)10(18,19)11(20,21)12(22,23)13(24,25)14(26,27)15(28,29)16(30,31)17(32,33)34/h3-5H,1-2H3. The lowest BCUT2D eigenvalue weighted by molar-refractivity contribution is -0.459. The largest absolute Gasteiger partial charge is 0.460 e. The molecule has 0 heterocycles. The van der Waals surface area contributed by atoms with Crippen LogP contribution in [0.25, 0.3) is 0 Å². The minimum absolute atomic E-state index is 0.0831. The number of alkyl halides is 17. The average molecular weight is 568 g/mol. The van der Waals surface area contributed by atoms with Crippen molar-refractivity contribution in [3.8, 4) is 5.75 Å². The fraction of sp³-hybridized carbons (Fsp3) is 0.588. The van der Waals surface area contributed by atoms with Crippen molar-refractivity contribution in [2.24, 2.45) is 0 Å². The highest BCUT2D eigenvalue weighted by Crippen LogP contribution is 2.64. The van der Waals surface area contributed by atoms with Gasteiger partial charge in [0.25, 0.3) is 0 Å². The molecule has 1 rings (SSSR count). The lowest BCUT2D eigenvalue weighted by Crippen LogP contribution is -2.75. The monoisotopic (exact) mass is 568 g/mol. The predicted octanol–water partition coefficient (Wildman–Crippen LogP) is 7.22. The highest BCUT2D eigenvalue weighted by Gasteiger charge is 2.96. The number of carbonyl (C=O) groups is 1. The molecule has 0 bridgehead atoms. The summed E-state index contributed by atoms with van der Waals surface area (Å²) >= 11 is 0. The molecular weight excluding hydrogens is 559 g/mol. The molecule has 0 aliphatic rings. The SMILES string of the molecule is Cc1ccc(OC(=O)C(F)(F)C(F)(F)C(F)(F)C(F)(F)C(F)(F)C(F)(F)C(F)(F)C(F)(F)F)cc1C. The van der Waals surface area contributed by atoms with Gasteiger partial charge in [0.05, 0.1) is 0 Å². The maximum absolute atomic E-state index is 13.8. The third-order valence-electron chi connectivity index (χ3n) is 4.67. The first-order chi connectivity index (χ1) is 15.6. The molecule has 208 valence electrons. The van der Waals surface area contributed by atoms with Gasteiger partial charge in [0, 0.05) is 0 Å². The van der Waals surface area contributed by atoms with Gasteiger partial charge in [-0.1, -0.05) is 6.07 Å². The van der Waals surface area contributed by atoms with Crippen LogP contribution in [0.5, 0.6) is 5.75 Å². The van der Waals surface area contributed by atoms with Crippen LogP contribution in [0.3, 0.4) is 0 Å². The molecule has 1 aromatic carbocycles. The predicted molar refractivity (Wildman–Crippen MR) is 82.2 cm³/mol. The van der Waals surface area contributed by atoms with Crippen molar-refractivity contribution in [3.63, 3.8) is 0 Å². The van der Waals surface area contributed by atoms with E-state index in [9.17, 15) is 79.4 Å². The lowest BCUT2D eigenvalue weighted by Gasteiger charge is -2.42. The van der Waals surface area contributed by atoms with Crippen LogP contribution >= 0.6 is 0 Å². The number of hydrogen-bond donors (Lipinski definition) is 0. The zero-order valence-electron chi connectivity index (χ0n) is 17.0. The fourth-order valence-corrected chi connectivity index (χ4v) is 2.24. The normalized spacial score (nSPS) is 15.2. The van der Waals surface area contributed by atoms with E-state index in [2.05, 4.69) is 4.74 Å². The highest BCUT2D eigenvalue weighted by atomic mass is 19.4. The zero-order valence-corrected chi connectivity index (χ0v) is 17.0. The van der Waals surface area contributed by atoms with Crippen LogP contribution in [-0.4, -0.2) is 53.6 Å². The van der Waals surface area contributed by atoms with Gasteiger partial charge in [-0.05, 0) is 37.1 Å². The number of halogens is 17. The Kier molecular flexibility index (Phi) is 7.47. The number of aryl methyl sites for hydroxylation is 2. The molecule has 0 saturated carbocycles. The Hall–Kier alpha value is -2.50. The topological polar surface area (TPSA) is 26.3 Å². The zero-order chi connectivity index (χ0) is 29.1. The Morgan fingerprint density at radius 1 is 0.556 bits per heavy atom. The Bertz CT molecular complexity index is 993. The Balaban J connectivity index is 3.58. The number of hydrogen-bond acceptors (Lipinski definition) is 2. The second kappa shape index (κ2) is 8.53. The fourth-order valence-electron chi connectivity index (χ4n) is 2.24. The molecule has 0 aliphatic heterocycles. The van der Waals surface area contributed by atoms with Crippen molar-refractivity contribution >= 4 is 5.97 Å². The molecular formula is C17H9F17O2. The van der Waals surface area contributed by atoms with Crippen molar-refractivity contribution in [2.75, 3.05) is 0 Å². The Morgan fingerprint density at radius 3 is 1.28 bits per heavy atom. The molecule has 0 atom stereocenters. The molecule has 0 spiro atoms. The molecule has 0 aliphatic carbocycles. The molecule has 0 N–H and O–H groups in total. The lowest BCUT2D eigenvalue weighted by atomic mass is 9.89. The maximum Gasteiger partial charge on any atom is 0.460 e. The van der Waals surface area contributed by atoms with Gasteiger partial charge in [0.1, 0.15) is 5.75 Å². The molecule has 0 amide bonds. The van der Waals surface area contributed by atoms with Gasteiger partial charge < -0.3 is 4.74 Å². The number of carbonyl (C=O) groups excluding carboxylic acids is 1. The van der Waals surface area contributed by atoms with Crippen LogP contribution in [0.2, 0.25) is 0 Å². The van der Waals surface area contributed by atoms with Crippen molar-refractivity contribution in [3.05, 3.63) is 29.3 Å². The molecule has 1 aromatic rings. The summed E-state index contributed by atoms with van der Waals surface area (Å²) in [6.07, 6.45) is -7.84. The summed E-state index contributed by atoms with van der Waals surface area (Å²) in [6.45, 7) is 2.57. The van der Waals surface area contributed by atoms with Crippen molar-refractivity contribution in [2.45, 2.75) is 61.5 Å². The van der Waals surface area contributed by atoms with Crippen molar-refractivity contribution in [1.29, 1.82) is 0 Å². The Labute approximate surface area is 188 Å². The summed E-state index contributed by atoms with van der Waals surface area (Å²) in [6, 6.07) is 2.19. The maximum atomic E-state index is 13.8. The first kappa shape index (κ1) is 31.5. The minimum Gasteiger partial charge on any atom is -0.422 e. The summed E-state index contributed by atoms with van der Waals surface area (Å²) in [5, 5.41) is 0. The van der Waals surface area contributed by atoms with Crippen LogP contribution in [0.4, 0.5) is 74.6 Å². The van der Waals surface area contributed by atoms with E-state index in [1.54, 1.807) is 0 Å². The van der Waals surface area contributed by atoms with E-state index >= 15 is 0 Å². The number of benzene rings is 1. The third kappa shape index (κ3) is 4.20. The first-order valence-corrected chi connectivity index (χ1v) is 8.56. The minimum atomic E-state index is -8.76. The molecule has 19 heteroatoms. The van der Waals surface area contributed by atoms with Gasteiger partial charge in [-0.2, -0.15) is 74.6 Å². The van der Waals surface area contributed by atoms with Crippen molar-refractivity contribution < 1.29 is 84.2 Å². The second-order valence-corrected chi connectivity index (χ2v) is 7.15. The van der Waals surface area contributed by atoms with Gasteiger partial charge in [-0.3, -0.25) is 0 Å². The number of ether oxygens (including phenoxy) is 1. The number of esters is 1. The van der Waals surface area contributed by atoms with Crippen LogP contribution in [0.1, 0.15) is 11.1 Å². The van der Waals surface area contributed by atoms with Gasteiger partial charge in [0.15, 0.2) is 0 Å². The third-order valence-corrected chi connectivity index (χ3v) is 4.67. The van der Waals surface area contributed by atoms with Gasteiger partial charge in [-0.15, -0.1) is 0 Å². The highest BCUT2D eigenvalue weighted by molar-refractivity contribution is 5.81. The van der Waals surface area contributed by atoms with Crippen molar-refractivity contribution in [1.82, 2.24) is 0 Å². The van der Waals surface area contributed by atoms with Crippen LogP contribution < -0.4 is 4.74 Å². The summed E-state index contributed by atoms with van der Waals surface area (Å²) in [7, 11) is 0. The van der Waals surface area contributed by atoms with E-state index in [-0.39, 0.29) is 5.56 Å². The van der Waals surface area contributed by atoms with Gasteiger partial charge >= 0.3 is 53.6 Å². The second-order valence-electron chi connectivity index (χ2n) is 7.15. The first-order valence-electron chi connectivity index (χ1n) is 8.56. The quantitative estimate of drug-likeness (QED) is 0.188. The van der Waals surface area contributed by atoms with Gasteiger partial charge in [-0.25, -0.2) is 4.79 Å². The summed E-state index contributed by atoms with van der Waals surface area (Å²) in [5.41, 5.74) is 0.427. The molecule has 0 saturated heterocycles. The molecule has 36 heavy (non-hydrogen) atoms. The van der Waals surface area contributed by atoms with Crippen LogP contribution in [-0.2, 0) is 4.79 Å². The number of rotatable bonds is 8. The van der Waals surface area contributed by atoms with E-state index in [1.807, 2.05) is 0 Å². The molecule has 0 radical (unpaired) electrons. The molecule has 0 fully saturated rings. The van der Waals surface area contributed by atoms with E-state index in [0.29, 0.717) is 17.7 Å². The molecule has 2 nitrogen and oxygen atoms in total. The van der Waals surface area contributed by atoms with E-state index in [4.69, 9.17) is 0 Å².